The van der Waals surface area contributed by atoms with E-state index in [0.29, 0.717) is 16.8 Å². The highest BCUT2D eigenvalue weighted by molar-refractivity contribution is 7.99. The van der Waals surface area contributed by atoms with Crippen LogP contribution in [0.25, 0.3) is 0 Å². The van der Waals surface area contributed by atoms with Crippen LogP contribution in [0.5, 0.6) is 0 Å². The van der Waals surface area contributed by atoms with E-state index in [1.54, 1.807) is 36.4 Å². The fourth-order valence-corrected chi connectivity index (χ4v) is 3.00. The van der Waals surface area contributed by atoms with Crippen LogP contribution >= 0.6 is 11.8 Å². The number of hydrogen-bond acceptors (Lipinski definition) is 5. The SMILES string of the molecule is CCSc1ccccc1C(=O)OCC(=O)Nc1cccc(C(=O)NC)c1. The quantitative estimate of drug-likeness (QED) is 0.577. The van der Waals surface area contributed by atoms with Gasteiger partial charge in [-0.15, -0.1) is 11.8 Å². The zero-order valence-electron chi connectivity index (χ0n) is 14.6. The van der Waals surface area contributed by atoms with Crippen LogP contribution in [-0.2, 0) is 9.53 Å². The molecule has 0 aliphatic heterocycles. The maximum Gasteiger partial charge on any atom is 0.339 e. The molecule has 0 unspecified atom stereocenters. The highest BCUT2D eigenvalue weighted by atomic mass is 32.2. The summed E-state index contributed by atoms with van der Waals surface area (Å²) < 4.78 is 5.10. The lowest BCUT2D eigenvalue weighted by molar-refractivity contribution is -0.119. The third-order valence-electron chi connectivity index (χ3n) is 3.38. The lowest BCUT2D eigenvalue weighted by Gasteiger charge is -2.10. The van der Waals surface area contributed by atoms with Gasteiger partial charge in [0.05, 0.1) is 5.56 Å². The van der Waals surface area contributed by atoms with Gasteiger partial charge in [-0.1, -0.05) is 25.1 Å². The Bertz CT molecular complexity index is 808. The fourth-order valence-electron chi connectivity index (χ4n) is 2.21. The average Bonchev–Trinajstić information content (AvgIpc) is 2.66. The lowest BCUT2D eigenvalue weighted by Crippen LogP contribution is -2.22. The molecule has 0 heterocycles. The molecule has 26 heavy (non-hydrogen) atoms. The predicted molar refractivity (Wildman–Crippen MR) is 102 cm³/mol. The largest absolute Gasteiger partial charge is 0.452 e. The normalized spacial score (nSPS) is 10.1. The van der Waals surface area contributed by atoms with Crippen LogP contribution in [0.1, 0.15) is 27.6 Å². The highest BCUT2D eigenvalue weighted by Gasteiger charge is 2.14. The van der Waals surface area contributed by atoms with Crippen LogP contribution in [0.2, 0.25) is 0 Å². The van der Waals surface area contributed by atoms with Crippen molar-refractivity contribution in [3.05, 3.63) is 59.7 Å². The molecule has 0 aromatic heterocycles. The van der Waals surface area contributed by atoms with Gasteiger partial charge in [-0.05, 0) is 36.1 Å². The van der Waals surface area contributed by atoms with E-state index >= 15 is 0 Å². The molecule has 0 bridgehead atoms. The van der Waals surface area contributed by atoms with E-state index in [1.807, 2.05) is 19.1 Å². The van der Waals surface area contributed by atoms with Crippen molar-refractivity contribution in [2.24, 2.45) is 0 Å². The number of hydrogen-bond donors (Lipinski definition) is 2. The van der Waals surface area contributed by atoms with E-state index < -0.39 is 18.5 Å². The standard InChI is InChI=1S/C19H20N2O4S/c1-3-26-16-10-5-4-9-15(16)19(24)25-12-17(22)21-14-8-6-7-13(11-14)18(23)20-2/h4-11H,3,12H2,1-2H3,(H,20,23)(H,21,22). The average molecular weight is 372 g/mol. The van der Waals surface area contributed by atoms with Crippen molar-refractivity contribution in [3.63, 3.8) is 0 Å². The van der Waals surface area contributed by atoms with Gasteiger partial charge in [0.15, 0.2) is 6.61 Å². The second-order valence-electron chi connectivity index (χ2n) is 5.21. The number of nitrogens with one attached hydrogen (secondary N) is 2. The Labute approximate surface area is 156 Å². The first-order valence-corrected chi connectivity index (χ1v) is 9.04. The number of carbonyl (C=O) groups excluding carboxylic acids is 3. The number of thioether (sulfide) groups is 1. The molecule has 0 saturated carbocycles. The topological polar surface area (TPSA) is 84.5 Å². The molecule has 6 nitrogen and oxygen atoms in total. The summed E-state index contributed by atoms with van der Waals surface area (Å²) >= 11 is 1.53. The molecule has 0 aliphatic rings. The van der Waals surface area contributed by atoms with Crippen molar-refractivity contribution in [1.82, 2.24) is 5.32 Å². The number of rotatable bonds is 7. The van der Waals surface area contributed by atoms with Gasteiger partial charge in [0.1, 0.15) is 0 Å². The van der Waals surface area contributed by atoms with Crippen molar-refractivity contribution in [2.75, 3.05) is 24.7 Å². The molecule has 2 aromatic carbocycles. The molecule has 0 spiro atoms. The minimum Gasteiger partial charge on any atom is -0.452 e. The van der Waals surface area contributed by atoms with Gasteiger partial charge in [-0.2, -0.15) is 0 Å². The first kappa shape index (κ1) is 19.5. The van der Waals surface area contributed by atoms with Crippen LogP contribution in [0, 0.1) is 0 Å². The van der Waals surface area contributed by atoms with Gasteiger partial charge < -0.3 is 15.4 Å². The Morgan fingerprint density at radius 2 is 1.85 bits per heavy atom. The summed E-state index contributed by atoms with van der Waals surface area (Å²) in [6.07, 6.45) is 0. The van der Waals surface area contributed by atoms with E-state index in [2.05, 4.69) is 10.6 Å². The molecule has 0 atom stereocenters. The molecule has 136 valence electrons. The molecule has 2 aromatic rings. The van der Waals surface area contributed by atoms with Gasteiger partial charge in [0.25, 0.3) is 11.8 Å². The molecule has 0 aliphatic carbocycles. The Morgan fingerprint density at radius 3 is 2.58 bits per heavy atom. The van der Waals surface area contributed by atoms with Gasteiger partial charge in [-0.25, -0.2) is 4.79 Å². The van der Waals surface area contributed by atoms with Crippen molar-refractivity contribution >= 4 is 35.2 Å². The molecule has 2 amide bonds. The van der Waals surface area contributed by atoms with Crippen LogP contribution < -0.4 is 10.6 Å². The number of carbonyl (C=O) groups is 3. The Balaban J connectivity index is 1.95. The third-order valence-corrected chi connectivity index (χ3v) is 4.33. The lowest BCUT2D eigenvalue weighted by atomic mass is 10.2. The summed E-state index contributed by atoms with van der Waals surface area (Å²) in [5.41, 5.74) is 1.32. The van der Waals surface area contributed by atoms with E-state index in [1.165, 1.54) is 18.8 Å². The summed E-state index contributed by atoms with van der Waals surface area (Å²) in [5.74, 6) is -0.451. The Kier molecular flexibility index (Phi) is 7.23. The summed E-state index contributed by atoms with van der Waals surface area (Å²) in [5, 5.41) is 5.12. The molecule has 7 heteroatoms. The molecule has 0 saturated heterocycles. The predicted octanol–water partition coefficient (Wildman–Crippen LogP) is 2.95. The Morgan fingerprint density at radius 1 is 1.08 bits per heavy atom. The van der Waals surface area contributed by atoms with E-state index in [0.717, 1.165) is 10.6 Å². The third kappa shape index (κ3) is 5.35. The molecule has 0 fully saturated rings. The second-order valence-corrected chi connectivity index (χ2v) is 6.52. The van der Waals surface area contributed by atoms with Crippen molar-refractivity contribution in [3.8, 4) is 0 Å². The first-order chi connectivity index (χ1) is 12.5. The van der Waals surface area contributed by atoms with Crippen molar-refractivity contribution < 1.29 is 19.1 Å². The van der Waals surface area contributed by atoms with Gasteiger partial charge in [-0.3, -0.25) is 9.59 Å². The van der Waals surface area contributed by atoms with Gasteiger partial charge in [0, 0.05) is 23.2 Å². The highest BCUT2D eigenvalue weighted by Crippen LogP contribution is 2.22. The van der Waals surface area contributed by atoms with Crippen molar-refractivity contribution in [2.45, 2.75) is 11.8 Å². The fraction of sp³-hybridized carbons (Fsp3) is 0.211. The Hall–Kier alpha value is -2.80. The molecule has 0 radical (unpaired) electrons. The molecule has 2 N–H and O–H groups in total. The van der Waals surface area contributed by atoms with E-state index in [9.17, 15) is 14.4 Å². The molecular formula is C19H20N2O4S. The van der Waals surface area contributed by atoms with Crippen LogP contribution in [0.15, 0.2) is 53.4 Å². The summed E-state index contributed by atoms with van der Waals surface area (Å²) in [4.78, 5) is 36.7. The summed E-state index contributed by atoms with van der Waals surface area (Å²) in [6, 6.07) is 13.6. The zero-order valence-corrected chi connectivity index (χ0v) is 15.4. The minimum absolute atomic E-state index is 0.252. The van der Waals surface area contributed by atoms with Crippen LogP contribution in [0.3, 0.4) is 0 Å². The van der Waals surface area contributed by atoms with Crippen molar-refractivity contribution in [1.29, 1.82) is 0 Å². The number of benzene rings is 2. The van der Waals surface area contributed by atoms with Crippen LogP contribution in [-0.4, -0.2) is 37.2 Å². The number of amides is 2. The van der Waals surface area contributed by atoms with Gasteiger partial charge in [0.2, 0.25) is 0 Å². The van der Waals surface area contributed by atoms with E-state index in [-0.39, 0.29) is 5.91 Å². The zero-order chi connectivity index (χ0) is 18.9. The van der Waals surface area contributed by atoms with E-state index in [4.69, 9.17) is 4.74 Å². The maximum atomic E-state index is 12.2. The van der Waals surface area contributed by atoms with Gasteiger partial charge >= 0.3 is 5.97 Å². The smallest absolute Gasteiger partial charge is 0.339 e. The van der Waals surface area contributed by atoms with Crippen LogP contribution in [0.4, 0.5) is 5.69 Å². The molecule has 2 rings (SSSR count). The molecular weight excluding hydrogens is 352 g/mol. The summed E-state index contributed by atoms with van der Waals surface area (Å²) in [6.45, 7) is 1.58. The monoisotopic (exact) mass is 372 g/mol. The second kappa shape index (κ2) is 9.62. The maximum absolute atomic E-state index is 12.2. The number of esters is 1. The minimum atomic E-state index is -0.546. The summed E-state index contributed by atoms with van der Waals surface area (Å²) in [7, 11) is 1.53. The number of anilines is 1. The number of ether oxygens (including phenoxy) is 1. The first-order valence-electron chi connectivity index (χ1n) is 8.06.